The molecule has 2 aromatic rings. The second kappa shape index (κ2) is 5.32. The van der Waals surface area contributed by atoms with Crippen molar-refractivity contribution in [2.24, 2.45) is 0 Å². The number of nitrogens with zero attached hydrogens (tertiary/aromatic N) is 1. The van der Waals surface area contributed by atoms with E-state index in [-0.39, 0.29) is 15.7 Å². The van der Waals surface area contributed by atoms with Crippen LogP contribution in [0.1, 0.15) is 5.56 Å². The minimum Gasteiger partial charge on any atom is -0.379 e. The van der Waals surface area contributed by atoms with Gasteiger partial charge in [-0.3, -0.25) is 10.1 Å². The molecule has 94 valence electrons. The molecule has 1 heterocycles. The highest BCUT2D eigenvalue weighted by atomic mass is 35.5. The van der Waals surface area contributed by atoms with Crippen LogP contribution in [0.5, 0.6) is 0 Å². The Morgan fingerprint density at radius 2 is 2.28 bits per heavy atom. The number of nitrogens with one attached hydrogen (secondary N) is 1. The van der Waals surface area contributed by atoms with Gasteiger partial charge in [-0.05, 0) is 17.7 Å². The molecule has 0 saturated carbocycles. The normalized spacial score (nSPS) is 10.3. The average molecular weight is 287 g/mol. The van der Waals surface area contributed by atoms with Gasteiger partial charge in [-0.25, -0.2) is 4.39 Å². The van der Waals surface area contributed by atoms with Gasteiger partial charge >= 0.3 is 5.00 Å². The maximum absolute atomic E-state index is 13.5. The first kappa shape index (κ1) is 12.8. The van der Waals surface area contributed by atoms with Gasteiger partial charge in [0.25, 0.3) is 0 Å². The summed E-state index contributed by atoms with van der Waals surface area (Å²) in [6.07, 6.45) is 0. The summed E-state index contributed by atoms with van der Waals surface area (Å²) in [4.78, 5) is 10.1. The molecule has 0 bridgehead atoms. The van der Waals surface area contributed by atoms with Gasteiger partial charge < -0.3 is 5.32 Å². The lowest BCUT2D eigenvalue weighted by Crippen LogP contribution is -2.00. The van der Waals surface area contributed by atoms with E-state index in [1.54, 1.807) is 17.5 Å². The number of anilines is 1. The van der Waals surface area contributed by atoms with Gasteiger partial charge in [-0.1, -0.05) is 29.0 Å². The van der Waals surface area contributed by atoms with Crippen LogP contribution < -0.4 is 5.32 Å². The summed E-state index contributed by atoms with van der Waals surface area (Å²) in [6, 6.07) is 6.10. The molecule has 0 saturated heterocycles. The quantitative estimate of drug-likeness (QED) is 0.681. The summed E-state index contributed by atoms with van der Waals surface area (Å²) in [5.41, 5.74) is 1.00. The Bertz CT molecular complexity index is 588. The summed E-state index contributed by atoms with van der Waals surface area (Å²) in [5, 5.41) is 15.1. The standard InChI is InChI=1S/C11H8ClFN2O2S/c12-8-2-1-3-9(11(8)13)14-5-7-4-10(15(16)17)18-6-7/h1-4,6,14H,5H2. The molecule has 0 fully saturated rings. The maximum Gasteiger partial charge on any atom is 0.324 e. The minimum atomic E-state index is -0.524. The third-order valence-corrected chi connectivity index (χ3v) is 3.48. The third-order valence-electron chi connectivity index (χ3n) is 2.25. The van der Waals surface area contributed by atoms with Crippen LogP contribution in [0, 0.1) is 15.9 Å². The third kappa shape index (κ3) is 2.77. The molecule has 0 radical (unpaired) electrons. The van der Waals surface area contributed by atoms with Crippen molar-refractivity contribution in [2.75, 3.05) is 5.32 Å². The molecule has 18 heavy (non-hydrogen) atoms. The fourth-order valence-corrected chi connectivity index (χ4v) is 2.29. The fourth-order valence-electron chi connectivity index (χ4n) is 1.39. The largest absolute Gasteiger partial charge is 0.379 e. The van der Waals surface area contributed by atoms with E-state index in [4.69, 9.17) is 11.6 Å². The maximum atomic E-state index is 13.5. The van der Waals surface area contributed by atoms with Crippen molar-refractivity contribution in [3.05, 3.63) is 56.2 Å². The molecule has 4 nitrogen and oxygen atoms in total. The number of nitro groups is 1. The van der Waals surface area contributed by atoms with E-state index in [0.29, 0.717) is 6.54 Å². The van der Waals surface area contributed by atoms with E-state index >= 15 is 0 Å². The highest BCUT2D eigenvalue weighted by molar-refractivity contribution is 7.13. The van der Waals surface area contributed by atoms with Crippen LogP contribution in [-0.4, -0.2) is 4.92 Å². The number of thiophene rings is 1. The summed E-state index contributed by atoms with van der Waals surface area (Å²) >= 11 is 6.68. The molecule has 0 aliphatic rings. The predicted octanol–water partition coefficient (Wildman–Crippen LogP) is 4.06. The summed E-state index contributed by atoms with van der Waals surface area (Å²) < 4.78 is 13.5. The topological polar surface area (TPSA) is 55.2 Å². The highest BCUT2D eigenvalue weighted by Gasteiger charge is 2.10. The van der Waals surface area contributed by atoms with Crippen molar-refractivity contribution in [3.8, 4) is 0 Å². The van der Waals surface area contributed by atoms with E-state index in [1.807, 2.05) is 0 Å². The number of benzene rings is 1. The molecule has 2 rings (SSSR count). The molecule has 1 N–H and O–H groups in total. The molecule has 7 heteroatoms. The van der Waals surface area contributed by atoms with Crippen LogP contribution in [0.3, 0.4) is 0 Å². The van der Waals surface area contributed by atoms with E-state index in [2.05, 4.69) is 5.32 Å². The molecule has 1 aromatic heterocycles. The van der Waals surface area contributed by atoms with Crippen molar-refractivity contribution in [3.63, 3.8) is 0 Å². The van der Waals surface area contributed by atoms with Crippen LogP contribution in [0.2, 0.25) is 5.02 Å². The van der Waals surface area contributed by atoms with Gasteiger partial charge in [-0.15, -0.1) is 0 Å². The lowest BCUT2D eigenvalue weighted by molar-refractivity contribution is -0.380. The van der Waals surface area contributed by atoms with E-state index < -0.39 is 10.7 Å². The smallest absolute Gasteiger partial charge is 0.324 e. The van der Waals surface area contributed by atoms with Crippen molar-refractivity contribution in [1.82, 2.24) is 0 Å². The first-order valence-electron chi connectivity index (χ1n) is 4.97. The SMILES string of the molecule is O=[N+]([O-])c1cc(CNc2cccc(Cl)c2F)cs1. The van der Waals surface area contributed by atoms with Crippen LogP contribution in [-0.2, 0) is 6.54 Å². The molecule has 0 aliphatic heterocycles. The average Bonchev–Trinajstić information content (AvgIpc) is 2.80. The van der Waals surface area contributed by atoms with Gasteiger partial charge in [-0.2, -0.15) is 0 Å². The molecule has 0 amide bonds. The van der Waals surface area contributed by atoms with Gasteiger partial charge in [0.2, 0.25) is 0 Å². The molecule has 0 unspecified atom stereocenters. The van der Waals surface area contributed by atoms with Gasteiger partial charge in [0.05, 0.1) is 15.6 Å². The Kier molecular flexibility index (Phi) is 3.78. The Morgan fingerprint density at radius 1 is 1.50 bits per heavy atom. The van der Waals surface area contributed by atoms with Crippen LogP contribution >= 0.6 is 22.9 Å². The fraction of sp³-hybridized carbons (Fsp3) is 0.0909. The number of hydrogen-bond acceptors (Lipinski definition) is 4. The lowest BCUT2D eigenvalue weighted by Gasteiger charge is -2.06. The lowest BCUT2D eigenvalue weighted by atomic mass is 10.2. The van der Waals surface area contributed by atoms with Crippen LogP contribution in [0.25, 0.3) is 0 Å². The number of halogens is 2. The molecule has 1 aromatic carbocycles. The molecule has 0 atom stereocenters. The van der Waals surface area contributed by atoms with E-state index in [1.165, 1.54) is 12.1 Å². The van der Waals surface area contributed by atoms with Crippen LogP contribution in [0.15, 0.2) is 29.6 Å². The first-order valence-corrected chi connectivity index (χ1v) is 6.23. The summed E-state index contributed by atoms with van der Waals surface area (Å²) in [7, 11) is 0. The molecule has 0 spiro atoms. The van der Waals surface area contributed by atoms with E-state index in [9.17, 15) is 14.5 Å². The molecular formula is C11H8ClFN2O2S. The zero-order valence-electron chi connectivity index (χ0n) is 9.02. The van der Waals surface area contributed by atoms with Gasteiger partial charge in [0.1, 0.15) is 0 Å². The van der Waals surface area contributed by atoms with Crippen molar-refractivity contribution < 1.29 is 9.31 Å². The van der Waals surface area contributed by atoms with E-state index in [0.717, 1.165) is 16.9 Å². The Balaban J connectivity index is 2.07. The van der Waals surface area contributed by atoms with Crippen molar-refractivity contribution in [2.45, 2.75) is 6.54 Å². The first-order chi connectivity index (χ1) is 8.58. The number of rotatable bonds is 4. The van der Waals surface area contributed by atoms with Crippen molar-refractivity contribution >= 4 is 33.6 Å². The summed E-state index contributed by atoms with van der Waals surface area (Å²) in [5.74, 6) is -0.524. The molecular weight excluding hydrogens is 279 g/mol. The Hall–Kier alpha value is -1.66. The zero-order valence-corrected chi connectivity index (χ0v) is 10.6. The van der Waals surface area contributed by atoms with Crippen LogP contribution in [0.4, 0.5) is 15.1 Å². The van der Waals surface area contributed by atoms with Gasteiger partial charge in [0.15, 0.2) is 5.82 Å². The second-order valence-electron chi connectivity index (χ2n) is 3.51. The van der Waals surface area contributed by atoms with Crippen molar-refractivity contribution in [1.29, 1.82) is 0 Å². The predicted molar refractivity (Wildman–Crippen MR) is 69.7 cm³/mol. The molecule has 0 aliphatic carbocycles. The Morgan fingerprint density at radius 3 is 2.94 bits per heavy atom. The monoisotopic (exact) mass is 286 g/mol. The second-order valence-corrected chi connectivity index (χ2v) is 4.80. The zero-order chi connectivity index (χ0) is 13.1. The number of hydrogen-bond donors (Lipinski definition) is 1. The summed E-state index contributed by atoms with van der Waals surface area (Å²) in [6.45, 7) is 0.307. The Labute approximate surface area is 111 Å². The highest BCUT2D eigenvalue weighted by Crippen LogP contribution is 2.25. The minimum absolute atomic E-state index is 0.0382. The van der Waals surface area contributed by atoms with Gasteiger partial charge in [0, 0.05) is 18.0 Å².